The van der Waals surface area contributed by atoms with Crippen LogP contribution in [0, 0.1) is 0 Å². The van der Waals surface area contributed by atoms with Gasteiger partial charge in [-0.2, -0.15) is 0 Å². The van der Waals surface area contributed by atoms with Gasteiger partial charge in [0, 0.05) is 4.88 Å². The molecule has 1 aromatic heterocycles. The lowest BCUT2D eigenvalue weighted by Gasteiger charge is -2.11. The highest BCUT2D eigenvalue weighted by atomic mass is 32.1. The molecule has 16 heavy (non-hydrogen) atoms. The molecule has 0 aliphatic heterocycles. The fourth-order valence-electron chi connectivity index (χ4n) is 3.08. The van der Waals surface area contributed by atoms with Crippen molar-refractivity contribution in [1.29, 1.82) is 0 Å². The summed E-state index contributed by atoms with van der Waals surface area (Å²) in [5, 5.41) is 0.653. The van der Waals surface area contributed by atoms with Crippen molar-refractivity contribution in [2.24, 2.45) is 0 Å². The molecular weight excluding hydrogens is 222 g/mol. The van der Waals surface area contributed by atoms with E-state index in [1.807, 2.05) is 6.92 Å². The number of ether oxygens (including phenoxy) is 1. The quantitative estimate of drug-likeness (QED) is 0.805. The second-order valence-corrected chi connectivity index (χ2v) is 5.63. The molecule has 0 aromatic carbocycles. The maximum atomic E-state index is 11.9. The van der Waals surface area contributed by atoms with Crippen LogP contribution in [0.4, 0.5) is 5.00 Å². The van der Waals surface area contributed by atoms with Gasteiger partial charge in [-0.15, -0.1) is 11.3 Å². The van der Waals surface area contributed by atoms with Crippen LogP contribution in [0.5, 0.6) is 0 Å². The molecule has 2 aliphatic rings. The van der Waals surface area contributed by atoms with Gasteiger partial charge in [-0.25, -0.2) is 4.79 Å². The van der Waals surface area contributed by atoms with Gasteiger partial charge in [0.1, 0.15) is 5.00 Å². The minimum atomic E-state index is -0.231. The Bertz CT molecular complexity index is 452. The Morgan fingerprint density at radius 2 is 2.25 bits per heavy atom. The molecule has 2 atom stereocenters. The van der Waals surface area contributed by atoms with Gasteiger partial charge in [0.05, 0.1) is 12.2 Å². The number of carbonyl (C=O) groups is 1. The Hall–Kier alpha value is -1.03. The molecule has 4 heteroatoms. The number of anilines is 1. The Labute approximate surface area is 98.6 Å². The third kappa shape index (κ3) is 1.22. The first-order chi connectivity index (χ1) is 7.72. The summed E-state index contributed by atoms with van der Waals surface area (Å²) in [5.41, 5.74) is 7.85. The molecular formula is C12H15NO2S. The van der Waals surface area contributed by atoms with E-state index in [9.17, 15) is 4.79 Å². The Morgan fingerprint density at radius 1 is 1.50 bits per heavy atom. The van der Waals surface area contributed by atoms with Gasteiger partial charge >= 0.3 is 5.97 Å². The Balaban J connectivity index is 2.06. The second-order valence-electron chi connectivity index (χ2n) is 4.55. The number of fused-ring (bicyclic) bond motifs is 5. The average Bonchev–Trinajstić information content (AvgIpc) is 2.87. The van der Waals surface area contributed by atoms with E-state index in [2.05, 4.69) is 0 Å². The highest BCUT2D eigenvalue weighted by Gasteiger charge is 2.42. The smallest absolute Gasteiger partial charge is 0.341 e. The Morgan fingerprint density at radius 3 is 3.00 bits per heavy atom. The average molecular weight is 237 g/mol. The van der Waals surface area contributed by atoms with Crippen LogP contribution in [0.1, 0.15) is 58.8 Å². The lowest BCUT2D eigenvalue weighted by Crippen LogP contribution is -2.10. The number of nitrogens with two attached hydrogens (primary N) is 1. The van der Waals surface area contributed by atoms with Gasteiger partial charge in [-0.05, 0) is 43.6 Å². The maximum Gasteiger partial charge on any atom is 0.341 e. The van der Waals surface area contributed by atoms with E-state index in [4.69, 9.17) is 10.5 Å². The van der Waals surface area contributed by atoms with Gasteiger partial charge in [0.2, 0.25) is 0 Å². The number of nitrogen functional groups attached to an aromatic ring is 1. The lowest BCUT2D eigenvalue weighted by atomic mass is 9.95. The van der Waals surface area contributed by atoms with Crippen LogP contribution in [0.2, 0.25) is 0 Å². The molecule has 1 aromatic rings. The van der Waals surface area contributed by atoms with Crippen molar-refractivity contribution in [2.75, 3.05) is 12.3 Å². The van der Waals surface area contributed by atoms with Gasteiger partial charge in [-0.1, -0.05) is 0 Å². The lowest BCUT2D eigenvalue weighted by molar-refractivity contribution is 0.0526. The third-order valence-corrected chi connectivity index (χ3v) is 4.89. The largest absolute Gasteiger partial charge is 0.462 e. The van der Waals surface area contributed by atoms with Crippen molar-refractivity contribution in [3.63, 3.8) is 0 Å². The molecule has 3 nitrogen and oxygen atoms in total. The minimum Gasteiger partial charge on any atom is -0.462 e. The minimum absolute atomic E-state index is 0.231. The van der Waals surface area contributed by atoms with E-state index < -0.39 is 0 Å². The molecule has 0 saturated heterocycles. The first-order valence-corrected chi connectivity index (χ1v) is 6.63. The van der Waals surface area contributed by atoms with E-state index >= 15 is 0 Å². The number of rotatable bonds is 2. The van der Waals surface area contributed by atoms with Crippen molar-refractivity contribution >= 4 is 22.3 Å². The SMILES string of the molecule is CCOC(=O)c1c(N)sc2c1[C@H]1CC[C@H]2C1. The molecule has 1 saturated carbocycles. The van der Waals surface area contributed by atoms with E-state index in [-0.39, 0.29) is 5.97 Å². The van der Waals surface area contributed by atoms with Crippen molar-refractivity contribution < 1.29 is 9.53 Å². The molecule has 0 unspecified atom stereocenters. The molecule has 1 heterocycles. The standard InChI is InChI=1S/C12H15NO2S/c1-2-15-12(14)9-8-6-3-4-7(5-6)10(8)16-11(9)13/h6-7H,2-5,13H2,1H3/t6-,7-/m0/s1. The first-order valence-electron chi connectivity index (χ1n) is 5.81. The molecule has 2 N–H and O–H groups in total. The Kier molecular flexibility index (Phi) is 2.21. The molecule has 0 spiro atoms. The van der Waals surface area contributed by atoms with Gasteiger partial charge in [0.15, 0.2) is 0 Å². The summed E-state index contributed by atoms with van der Waals surface area (Å²) >= 11 is 1.60. The number of thiophene rings is 1. The summed E-state index contributed by atoms with van der Waals surface area (Å²) in [7, 11) is 0. The molecule has 86 valence electrons. The molecule has 0 amide bonds. The normalized spacial score (nSPS) is 25.8. The maximum absolute atomic E-state index is 11.9. The van der Waals surface area contributed by atoms with Crippen molar-refractivity contribution in [3.8, 4) is 0 Å². The van der Waals surface area contributed by atoms with Crippen LogP contribution in [0.25, 0.3) is 0 Å². The molecule has 3 rings (SSSR count). The van der Waals surface area contributed by atoms with Gasteiger partial charge in [0.25, 0.3) is 0 Å². The van der Waals surface area contributed by atoms with Gasteiger partial charge < -0.3 is 10.5 Å². The van der Waals surface area contributed by atoms with E-state index in [0.717, 1.165) is 0 Å². The zero-order valence-corrected chi connectivity index (χ0v) is 10.1. The monoisotopic (exact) mass is 237 g/mol. The first kappa shape index (κ1) is 10.1. The van der Waals surface area contributed by atoms with Crippen molar-refractivity contribution in [2.45, 2.75) is 38.0 Å². The number of hydrogen-bond acceptors (Lipinski definition) is 4. The van der Waals surface area contributed by atoms with Crippen LogP contribution in [-0.2, 0) is 4.74 Å². The van der Waals surface area contributed by atoms with E-state index in [0.29, 0.717) is 29.0 Å². The van der Waals surface area contributed by atoms with Crippen LogP contribution in [0.3, 0.4) is 0 Å². The van der Waals surface area contributed by atoms with Crippen LogP contribution >= 0.6 is 11.3 Å². The number of hydrogen-bond donors (Lipinski definition) is 1. The predicted octanol–water partition coefficient (Wildman–Crippen LogP) is 2.87. The highest BCUT2D eigenvalue weighted by Crippen LogP contribution is 2.58. The van der Waals surface area contributed by atoms with E-state index in [1.165, 1.54) is 29.7 Å². The number of esters is 1. The van der Waals surface area contributed by atoms with Crippen molar-refractivity contribution in [3.05, 3.63) is 16.0 Å². The number of carbonyl (C=O) groups excluding carboxylic acids is 1. The van der Waals surface area contributed by atoms with Crippen LogP contribution < -0.4 is 5.73 Å². The summed E-state index contributed by atoms with van der Waals surface area (Å²) in [6, 6.07) is 0. The predicted molar refractivity (Wildman–Crippen MR) is 64.0 cm³/mol. The third-order valence-electron chi connectivity index (χ3n) is 3.69. The summed E-state index contributed by atoms with van der Waals surface area (Å²) in [5.74, 6) is 0.994. The highest BCUT2D eigenvalue weighted by molar-refractivity contribution is 7.16. The summed E-state index contributed by atoms with van der Waals surface area (Å²) < 4.78 is 5.09. The fourth-order valence-corrected chi connectivity index (χ4v) is 4.38. The second kappa shape index (κ2) is 3.48. The molecule has 2 aliphatic carbocycles. The molecule has 1 fully saturated rings. The fraction of sp³-hybridized carbons (Fsp3) is 0.583. The summed E-state index contributed by atoms with van der Waals surface area (Å²) in [4.78, 5) is 13.2. The zero-order chi connectivity index (χ0) is 11.3. The zero-order valence-electron chi connectivity index (χ0n) is 9.29. The van der Waals surface area contributed by atoms with Gasteiger partial charge in [-0.3, -0.25) is 0 Å². The molecule has 2 bridgehead atoms. The topological polar surface area (TPSA) is 52.3 Å². The molecule has 0 radical (unpaired) electrons. The van der Waals surface area contributed by atoms with Crippen molar-refractivity contribution in [1.82, 2.24) is 0 Å². The summed E-state index contributed by atoms with van der Waals surface area (Å²) in [6.45, 7) is 2.24. The van der Waals surface area contributed by atoms with Crippen LogP contribution in [0.15, 0.2) is 0 Å². The van der Waals surface area contributed by atoms with E-state index in [1.54, 1.807) is 11.3 Å². The summed E-state index contributed by atoms with van der Waals surface area (Å²) in [6.07, 6.45) is 3.69. The van der Waals surface area contributed by atoms with Crippen LogP contribution in [-0.4, -0.2) is 12.6 Å².